The van der Waals surface area contributed by atoms with Gasteiger partial charge in [0.1, 0.15) is 18.2 Å². The van der Waals surface area contributed by atoms with Gasteiger partial charge in [-0.05, 0) is 12.7 Å². The topological polar surface area (TPSA) is 64.3 Å². The van der Waals surface area contributed by atoms with E-state index >= 15 is 0 Å². The number of methoxy groups -OCH3 is 1. The Hall–Kier alpha value is -1.01. The Bertz CT molecular complexity index is 375. The fourth-order valence-electron chi connectivity index (χ4n) is 1.76. The summed E-state index contributed by atoms with van der Waals surface area (Å²) in [7, 11) is 3.67. The summed E-state index contributed by atoms with van der Waals surface area (Å²) in [5.74, 6) is 3.03. The fraction of sp³-hybridized carbons (Fsp3) is 0.667. The van der Waals surface area contributed by atoms with Crippen molar-refractivity contribution in [1.29, 1.82) is 0 Å². The second-order valence-electron chi connectivity index (χ2n) is 4.13. The molecule has 1 heterocycles. The van der Waals surface area contributed by atoms with Gasteiger partial charge < -0.3 is 15.4 Å². The molecular weight excluding hydrogens is 248 g/mol. The van der Waals surface area contributed by atoms with E-state index in [0.717, 1.165) is 18.0 Å². The van der Waals surface area contributed by atoms with E-state index < -0.39 is 0 Å². The molecule has 1 rings (SSSR count). The Morgan fingerprint density at radius 1 is 1.50 bits per heavy atom. The van der Waals surface area contributed by atoms with Crippen molar-refractivity contribution in [1.82, 2.24) is 9.97 Å². The first-order chi connectivity index (χ1) is 8.62. The number of aromatic nitrogens is 2. The lowest BCUT2D eigenvalue weighted by Gasteiger charge is -2.28. The molecular formula is C12H22N4OS. The first-order valence-corrected chi connectivity index (χ1v) is 7.35. The maximum absolute atomic E-state index is 5.80. The SMILES string of the molecule is CCC(CSC)N(C)c1cc(N)nc(COC)n1. The summed E-state index contributed by atoms with van der Waals surface area (Å²) in [6, 6.07) is 2.26. The molecule has 6 heteroatoms. The maximum Gasteiger partial charge on any atom is 0.158 e. The Labute approximate surface area is 113 Å². The molecule has 1 aromatic rings. The van der Waals surface area contributed by atoms with E-state index in [0.29, 0.717) is 24.3 Å². The Morgan fingerprint density at radius 2 is 2.22 bits per heavy atom. The molecule has 1 aromatic heterocycles. The van der Waals surface area contributed by atoms with Crippen molar-refractivity contribution in [2.45, 2.75) is 26.0 Å². The molecule has 0 aliphatic rings. The highest BCUT2D eigenvalue weighted by atomic mass is 32.2. The molecule has 0 aromatic carbocycles. The standard InChI is InChI=1S/C12H22N4OS/c1-5-9(8-18-4)16(2)12-6-10(13)14-11(15-12)7-17-3/h6,9H,5,7-8H2,1-4H3,(H2,13,14,15). The van der Waals surface area contributed by atoms with E-state index in [1.165, 1.54) is 0 Å². The highest BCUT2D eigenvalue weighted by Crippen LogP contribution is 2.18. The van der Waals surface area contributed by atoms with E-state index in [9.17, 15) is 0 Å². The van der Waals surface area contributed by atoms with Gasteiger partial charge in [-0.2, -0.15) is 11.8 Å². The van der Waals surface area contributed by atoms with Gasteiger partial charge in [0.25, 0.3) is 0 Å². The highest BCUT2D eigenvalue weighted by molar-refractivity contribution is 7.98. The van der Waals surface area contributed by atoms with Crippen molar-refractivity contribution >= 4 is 23.4 Å². The third-order valence-corrected chi connectivity index (χ3v) is 3.51. The van der Waals surface area contributed by atoms with Gasteiger partial charge in [-0.3, -0.25) is 0 Å². The number of hydrogen-bond acceptors (Lipinski definition) is 6. The summed E-state index contributed by atoms with van der Waals surface area (Å²) in [6.07, 6.45) is 3.18. The van der Waals surface area contributed by atoms with Crippen LogP contribution in [0.3, 0.4) is 0 Å². The molecule has 0 aliphatic carbocycles. The van der Waals surface area contributed by atoms with Crippen LogP contribution in [0, 0.1) is 0 Å². The van der Waals surface area contributed by atoms with Crippen molar-refractivity contribution in [3.63, 3.8) is 0 Å². The summed E-state index contributed by atoms with van der Waals surface area (Å²) < 4.78 is 5.05. The predicted octanol–water partition coefficient (Wildman–Crippen LogP) is 1.78. The van der Waals surface area contributed by atoms with Gasteiger partial charge in [-0.15, -0.1) is 0 Å². The van der Waals surface area contributed by atoms with Crippen LogP contribution in [0.1, 0.15) is 19.2 Å². The maximum atomic E-state index is 5.80. The number of hydrogen-bond donors (Lipinski definition) is 1. The molecule has 102 valence electrons. The van der Waals surface area contributed by atoms with Gasteiger partial charge in [-0.1, -0.05) is 6.92 Å². The minimum atomic E-state index is 0.380. The average Bonchev–Trinajstić information content (AvgIpc) is 2.35. The number of thioether (sulfide) groups is 1. The summed E-state index contributed by atoms with van der Waals surface area (Å²) in [5.41, 5.74) is 5.80. The van der Waals surface area contributed by atoms with Gasteiger partial charge in [-0.25, -0.2) is 9.97 Å². The molecule has 0 fully saturated rings. The lowest BCUT2D eigenvalue weighted by molar-refractivity contribution is 0.178. The van der Waals surface area contributed by atoms with E-state index in [1.54, 1.807) is 7.11 Å². The molecule has 0 amide bonds. The van der Waals surface area contributed by atoms with Crippen LogP contribution in [0.5, 0.6) is 0 Å². The number of nitrogen functional groups attached to an aromatic ring is 1. The third-order valence-electron chi connectivity index (χ3n) is 2.79. The van der Waals surface area contributed by atoms with Gasteiger partial charge >= 0.3 is 0 Å². The first-order valence-electron chi connectivity index (χ1n) is 5.96. The van der Waals surface area contributed by atoms with Crippen LogP contribution in [0.15, 0.2) is 6.07 Å². The normalized spacial score (nSPS) is 12.4. The minimum Gasteiger partial charge on any atom is -0.384 e. The number of rotatable bonds is 7. The molecule has 18 heavy (non-hydrogen) atoms. The Kier molecular flexibility index (Phi) is 6.21. The molecule has 5 nitrogen and oxygen atoms in total. The predicted molar refractivity (Wildman–Crippen MR) is 78.0 cm³/mol. The zero-order valence-electron chi connectivity index (χ0n) is 11.5. The second kappa shape index (κ2) is 7.43. The molecule has 0 radical (unpaired) electrons. The van der Waals surface area contributed by atoms with Crippen LogP contribution in [0.25, 0.3) is 0 Å². The zero-order chi connectivity index (χ0) is 13.5. The lowest BCUT2D eigenvalue weighted by Crippen LogP contribution is -2.34. The van der Waals surface area contributed by atoms with Crippen molar-refractivity contribution in [2.75, 3.05) is 36.8 Å². The van der Waals surface area contributed by atoms with E-state index in [2.05, 4.69) is 28.0 Å². The summed E-state index contributed by atoms with van der Waals surface area (Å²) in [6.45, 7) is 2.56. The van der Waals surface area contributed by atoms with Crippen LogP contribution in [-0.4, -0.2) is 42.2 Å². The molecule has 1 atom stereocenters. The number of nitrogens with zero attached hydrogens (tertiary/aromatic N) is 3. The van der Waals surface area contributed by atoms with Crippen molar-refractivity contribution in [3.05, 3.63) is 11.9 Å². The monoisotopic (exact) mass is 270 g/mol. The summed E-state index contributed by atoms with van der Waals surface area (Å²) >= 11 is 1.83. The quantitative estimate of drug-likeness (QED) is 0.815. The zero-order valence-corrected chi connectivity index (χ0v) is 12.3. The fourth-order valence-corrected chi connectivity index (χ4v) is 2.60. The van der Waals surface area contributed by atoms with Crippen molar-refractivity contribution < 1.29 is 4.74 Å². The van der Waals surface area contributed by atoms with Crippen LogP contribution in [0.4, 0.5) is 11.6 Å². The van der Waals surface area contributed by atoms with E-state index in [-0.39, 0.29) is 0 Å². The number of ether oxygens (including phenoxy) is 1. The van der Waals surface area contributed by atoms with Gasteiger partial charge in [0.2, 0.25) is 0 Å². The van der Waals surface area contributed by atoms with E-state index in [4.69, 9.17) is 10.5 Å². The number of nitrogens with two attached hydrogens (primary N) is 1. The molecule has 0 saturated heterocycles. The largest absolute Gasteiger partial charge is 0.384 e. The summed E-state index contributed by atoms with van der Waals surface area (Å²) in [5, 5.41) is 0. The van der Waals surface area contributed by atoms with Gasteiger partial charge in [0.15, 0.2) is 5.82 Å². The molecule has 0 aliphatic heterocycles. The van der Waals surface area contributed by atoms with Gasteiger partial charge in [0.05, 0.1) is 0 Å². The average molecular weight is 270 g/mol. The second-order valence-corrected chi connectivity index (χ2v) is 5.04. The van der Waals surface area contributed by atoms with Crippen molar-refractivity contribution in [3.8, 4) is 0 Å². The Balaban J connectivity index is 2.92. The first kappa shape index (κ1) is 15.0. The lowest BCUT2D eigenvalue weighted by atomic mass is 10.2. The van der Waals surface area contributed by atoms with Gasteiger partial charge in [0, 0.05) is 32.0 Å². The Morgan fingerprint density at radius 3 is 2.78 bits per heavy atom. The minimum absolute atomic E-state index is 0.380. The van der Waals surface area contributed by atoms with Crippen LogP contribution < -0.4 is 10.6 Å². The molecule has 1 unspecified atom stereocenters. The third kappa shape index (κ3) is 4.03. The van der Waals surface area contributed by atoms with E-state index in [1.807, 2.05) is 24.9 Å². The molecule has 2 N–H and O–H groups in total. The smallest absolute Gasteiger partial charge is 0.158 e. The van der Waals surface area contributed by atoms with Crippen molar-refractivity contribution in [2.24, 2.45) is 0 Å². The molecule has 0 bridgehead atoms. The highest BCUT2D eigenvalue weighted by Gasteiger charge is 2.15. The molecule has 0 spiro atoms. The molecule has 0 saturated carbocycles. The van der Waals surface area contributed by atoms with Crippen LogP contribution >= 0.6 is 11.8 Å². The number of anilines is 2. The van der Waals surface area contributed by atoms with Crippen LogP contribution in [-0.2, 0) is 11.3 Å². The van der Waals surface area contributed by atoms with Crippen LogP contribution in [0.2, 0.25) is 0 Å². The summed E-state index contributed by atoms with van der Waals surface area (Å²) in [4.78, 5) is 10.8.